The van der Waals surface area contributed by atoms with Crippen LogP contribution in [0, 0.1) is 5.82 Å². The van der Waals surface area contributed by atoms with Crippen LogP contribution in [0.1, 0.15) is 27.2 Å². The van der Waals surface area contributed by atoms with Crippen LogP contribution >= 0.6 is 11.6 Å². The van der Waals surface area contributed by atoms with Gasteiger partial charge in [-0.1, -0.05) is 11.6 Å². The van der Waals surface area contributed by atoms with Gasteiger partial charge in [-0.3, -0.25) is 4.98 Å². The van der Waals surface area contributed by atoms with E-state index >= 15 is 0 Å². The van der Waals surface area contributed by atoms with Crippen molar-refractivity contribution >= 4 is 29.1 Å². The van der Waals surface area contributed by atoms with Crippen LogP contribution in [0.3, 0.4) is 0 Å². The summed E-state index contributed by atoms with van der Waals surface area (Å²) in [5, 5.41) is 0.0587. The summed E-state index contributed by atoms with van der Waals surface area (Å²) in [4.78, 5) is 20.3. The molecule has 0 spiro atoms. The van der Waals surface area contributed by atoms with Crippen molar-refractivity contribution in [2.75, 3.05) is 18.0 Å². The van der Waals surface area contributed by atoms with Crippen LogP contribution in [0.2, 0.25) is 5.02 Å². The van der Waals surface area contributed by atoms with Crippen molar-refractivity contribution in [2.24, 2.45) is 0 Å². The summed E-state index contributed by atoms with van der Waals surface area (Å²) in [6, 6.07) is 8.41. The van der Waals surface area contributed by atoms with Crippen molar-refractivity contribution in [2.45, 2.75) is 38.8 Å². The zero-order valence-electron chi connectivity index (χ0n) is 15.7. The van der Waals surface area contributed by atoms with Crippen molar-refractivity contribution in [1.29, 1.82) is 0 Å². The van der Waals surface area contributed by atoms with Crippen LogP contribution < -0.4 is 4.90 Å². The minimum Gasteiger partial charge on any atom is -0.444 e. The number of rotatable bonds is 3. The van der Waals surface area contributed by atoms with E-state index in [0.29, 0.717) is 13.1 Å². The summed E-state index contributed by atoms with van der Waals surface area (Å²) in [6.45, 7) is 6.63. The molecule has 3 rings (SSSR count). The van der Waals surface area contributed by atoms with E-state index in [1.807, 2.05) is 37.8 Å². The second kappa shape index (κ2) is 7.72. The number of benzene rings is 1. The molecule has 0 saturated carbocycles. The quantitative estimate of drug-likeness (QED) is 0.736. The zero-order chi connectivity index (χ0) is 19.6. The molecule has 1 saturated heterocycles. The fourth-order valence-corrected chi connectivity index (χ4v) is 3.32. The highest BCUT2D eigenvalue weighted by atomic mass is 35.5. The summed E-state index contributed by atoms with van der Waals surface area (Å²) in [7, 11) is 0. The molecule has 1 aliphatic heterocycles. The lowest BCUT2D eigenvalue weighted by Crippen LogP contribution is -2.39. The fraction of sp³-hybridized carbons (Fsp3) is 0.400. The van der Waals surface area contributed by atoms with Gasteiger partial charge in [0.15, 0.2) is 0 Å². The molecule has 2 aromatic rings. The minimum atomic E-state index is -0.539. The number of aromatic nitrogens is 1. The molecule has 1 aromatic heterocycles. The van der Waals surface area contributed by atoms with Gasteiger partial charge in [0.1, 0.15) is 11.4 Å². The van der Waals surface area contributed by atoms with E-state index in [4.69, 9.17) is 16.3 Å². The first-order valence-corrected chi connectivity index (χ1v) is 9.24. The average Bonchev–Trinajstić information content (AvgIpc) is 3.08. The Hall–Kier alpha value is -2.34. The molecule has 1 fully saturated rings. The number of hydrogen-bond acceptors (Lipinski definition) is 4. The maximum Gasteiger partial charge on any atom is 0.410 e. The number of carbonyl (C=O) groups excluding carboxylic acids is 1. The third-order valence-corrected chi connectivity index (χ3v) is 4.58. The van der Waals surface area contributed by atoms with Crippen LogP contribution in [-0.4, -0.2) is 40.7 Å². The number of likely N-dealkylation sites (tertiary alicyclic amines) is 1. The molecule has 7 heteroatoms. The van der Waals surface area contributed by atoms with E-state index in [-0.39, 0.29) is 17.2 Å². The molecule has 27 heavy (non-hydrogen) atoms. The molecule has 0 N–H and O–H groups in total. The van der Waals surface area contributed by atoms with Crippen molar-refractivity contribution < 1.29 is 13.9 Å². The standard InChI is InChI=1S/C20H23ClFN3O2/c1-20(2,3)27-19(26)24-10-8-16(13-24)25(15-5-4-9-23-12-15)14-6-7-18(22)17(21)11-14/h4-7,9,11-12,16H,8,10,13H2,1-3H3. The molecule has 1 atom stereocenters. The zero-order valence-corrected chi connectivity index (χ0v) is 16.4. The SMILES string of the molecule is CC(C)(C)OC(=O)N1CCC(N(c2cccnc2)c2ccc(F)c(Cl)c2)C1. The molecule has 0 bridgehead atoms. The molecule has 2 heterocycles. The van der Waals surface area contributed by atoms with Crippen LogP contribution in [0.4, 0.5) is 20.6 Å². The van der Waals surface area contributed by atoms with Gasteiger partial charge in [0.05, 0.1) is 22.9 Å². The van der Waals surface area contributed by atoms with Gasteiger partial charge in [-0.05, 0) is 57.5 Å². The van der Waals surface area contributed by atoms with E-state index in [2.05, 4.69) is 4.98 Å². The summed E-state index contributed by atoms with van der Waals surface area (Å²) in [6.07, 6.45) is 3.87. The van der Waals surface area contributed by atoms with Crippen molar-refractivity contribution in [1.82, 2.24) is 9.88 Å². The molecular weight excluding hydrogens is 369 g/mol. The van der Waals surface area contributed by atoms with E-state index in [0.717, 1.165) is 17.8 Å². The van der Waals surface area contributed by atoms with Crippen LogP contribution in [0.25, 0.3) is 0 Å². The molecular formula is C20H23ClFN3O2. The highest BCUT2D eigenvalue weighted by Crippen LogP contribution is 2.33. The lowest BCUT2D eigenvalue weighted by Gasteiger charge is -2.31. The van der Waals surface area contributed by atoms with Gasteiger partial charge >= 0.3 is 6.09 Å². The van der Waals surface area contributed by atoms with E-state index < -0.39 is 11.4 Å². The number of anilines is 2. The molecule has 144 valence electrons. The van der Waals surface area contributed by atoms with Gasteiger partial charge in [-0.25, -0.2) is 9.18 Å². The first-order valence-electron chi connectivity index (χ1n) is 8.87. The molecule has 0 aliphatic carbocycles. The number of amides is 1. The lowest BCUT2D eigenvalue weighted by atomic mass is 10.1. The van der Waals surface area contributed by atoms with Gasteiger partial charge in [0.25, 0.3) is 0 Å². The highest BCUT2D eigenvalue weighted by molar-refractivity contribution is 6.31. The number of ether oxygens (including phenoxy) is 1. The Kier molecular flexibility index (Phi) is 5.56. The van der Waals surface area contributed by atoms with Crippen LogP contribution in [-0.2, 0) is 4.74 Å². The van der Waals surface area contributed by atoms with Crippen molar-refractivity contribution in [3.63, 3.8) is 0 Å². The van der Waals surface area contributed by atoms with Crippen LogP contribution in [0.5, 0.6) is 0 Å². The summed E-state index contributed by atoms with van der Waals surface area (Å²) >= 11 is 6.00. The fourth-order valence-electron chi connectivity index (χ4n) is 3.15. The summed E-state index contributed by atoms with van der Waals surface area (Å²) in [5.41, 5.74) is 1.07. The van der Waals surface area contributed by atoms with E-state index in [1.54, 1.807) is 29.4 Å². The summed E-state index contributed by atoms with van der Waals surface area (Å²) < 4.78 is 19.1. The molecule has 0 radical (unpaired) electrons. The second-order valence-electron chi connectivity index (χ2n) is 7.55. The number of carbonyl (C=O) groups is 1. The molecule has 1 amide bonds. The Morgan fingerprint density at radius 3 is 2.74 bits per heavy atom. The molecule has 1 aliphatic rings. The third-order valence-electron chi connectivity index (χ3n) is 4.29. The number of pyridine rings is 1. The number of hydrogen-bond donors (Lipinski definition) is 0. The van der Waals surface area contributed by atoms with Crippen molar-refractivity contribution in [3.8, 4) is 0 Å². The Balaban J connectivity index is 1.86. The normalized spacial score (nSPS) is 17.1. The maximum atomic E-state index is 13.6. The maximum absolute atomic E-state index is 13.6. The highest BCUT2D eigenvalue weighted by Gasteiger charge is 2.34. The van der Waals surface area contributed by atoms with Crippen molar-refractivity contribution in [3.05, 3.63) is 53.6 Å². The molecule has 1 unspecified atom stereocenters. The Morgan fingerprint density at radius 2 is 2.11 bits per heavy atom. The van der Waals surface area contributed by atoms with Gasteiger partial charge in [-0.15, -0.1) is 0 Å². The van der Waals surface area contributed by atoms with E-state index in [1.165, 1.54) is 6.07 Å². The summed E-state index contributed by atoms with van der Waals surface area (Å²) in [5.74, 6) is -0.464. The predicted molar refractivity (Wildman–Crippen MR) is 104 cm³/mol. The predicted octanol–water partition coefficient (Wildman–Crippen LogP) is 5.02. The van der Waals surface area contributed by atoms with Crippen LogP contribution in [0.15, 0.2) is 42.7 Å². The van der Waals surface area contributed by atoms with Gasteiger partial charge < -0.3 is 14.5 Å². The largest absolute Gasteiger partial charge is 0.444 e. The molecule has 1 aromatic carbocycles. The van der Waals surface area contributed by atoms with E-state index in [9.17, 15) is 9.18 Å². The Bertz CT molecular complexity index is 811. The smallest absolute Gasteiger partial charge is 0.410 e. The second-order valence-corrected chi connectivity index (χ2v) is 7.96. The minimum absolute atomic E-state index is 0.00301. The number of halogens is 2. The first kappa shape index (κ1) is 19.4. The Labute approximate surface area is 163 Å². The first-order chi connectivity index (χ1) is 12.7. The van der Waals surface area contributed by atoms with Gasteiger partial charge in [0.2, 0.25) is 0 Å². The van der Waals surface area contributed by atoms with Gasteiger partial charge in [0, 0.05) is 25.0 Å². The monoisotopic (exact) mass is 391 g/mol. The Morgan fingerprint density at radius 1 is 1.33 bits per heavy atom. The molecule has 5 nitrogen and oxygen atoms in total. The topological polar surface area (TPSA) is 45.7 Å². The third kappa shape index (κ3) is 4.69. The number of nitrogens with zero attached hydrogens (tertiary/aromatic N) is 3. The lowest BCUT2D eigenvalue weighted by molar-refractivity contribution is 0.0293. The van der Waals surface area contributed by atoms with Gasteiger partial charge in [-0.2, -0.15) is 0 Å². The average molecular weight is 392 g/mol.